The van der Waals surface area contributed by atoms with Crippen molar-refractivity contribution in [2.24, 2.45) is 0 Å². The molecule has 1 heterocycles. The molecule has 0 atom stereocenters. The lowest BCUT2D eigenvalue weighted by molar-refractivity contribution is -0.136. The van der Waals surface area contributed by atoms with Crippen LogP contribution in [0.15, 0.2) is 29.6 Å². The standard InChI is InChI=1S/C11H11NO2S/c13-11(14)3-5-12-9-1-2-10-8(7-9)4-6-15-10/h1-2,4,6-7,12H,3,5H2,(H,13,14). The van der Waals surface area contributed by atoms with Gasteiger partial charge in [0.15, 0.2) is 0 Å². The molecule has 2 aromatic rings. The Morgan fingerprint density at radius 2 is 2.27 bits per heavy atom. The number of hydrogen-bond donors (Lipinski definition) is 2. The maximum absolute atomic E-state index is 10.3. The van der Waals surface area contributed by atoms with Crippen LogP contribution < -0.4 is 5.32 Å². The van der Waals surface area contributed by atoms with Crippen molar-refractivity contribution in [3.05, 3.63) is 29.6 Å². The van der Waals surface area contributed by atoms with Crippen LogP contribution in [0.25, 0.3) is 10.1 Å². The molecule has 3 nitrogen and oxygen atoms in total. The number of carboxylic acid groups (broad SMARTS) is 1. The highest BCUT2D eigenvalue weighted by Crippen LogP contribution is 2.23. The monoisotopic (exact) mass is 221 g/mol. The number of thiophene rings is 1. The highest BCUT2D eigenvalue weighted by molar-refractivity contribution is 7.17. The second-order valence-corrected chi connectivity index (χ2v) is 4.19. The van der Waals surface area contributed by atoms with Crippen LogP contribution in [-0.2, 0) is 4.79 Å². The Morgan fingerprint density at radius 1 is 1.40 bits per heavy atom. The summed E-state index contributed by atoms with van der Waals surface area (Å²) in [6.45, 7) is 0.463. The molecule has 15 heavy (non-hydrogen) atoms. The third-order valence-electron chi connectivity index (χ3n) is 2.12. The number of anilines is 1. The average Bonchev–Trinajstić information content (AvgIpc) is 2.64. The largest absolute Gasteiger partial charge is 0.481 e. The summed E-state index contributed by atoms with van der Waals surface area (Å²) in [6, 6.07) is 8.11. The first kappa shape index (κ1) is 9.98. The van der Waals surface area contributed by atoms with Crippen LogP contribution >= 0.6 is 11.3 Å². The Kier molecular flexibility index (Phi) is 2.87. The van der Waals surface area contributed by atoms with E-state index < -0.39 is 5.97 Å². The van der Waals surface area contributed by atoms with Gasteiger partial charge in [-0.15, -0.1) is 11.3 Å². The smallest absolute Gasteiger partial charge is 0.305 e. The van der Waals surface area contributed by atoms with Gasteiger partial charge in [0.05, 0.1) is 6.42 Å². The van der Waals surface area contributed by atoms with E-state index in [2.05, 4.69) is 11.4 Å². The summed E-state index contributed by atoms with van der Waals surface area (Å²) in [7, 11) is 0. The van der Waals surface area contributed by atoms with Crippen molar-refractivity contribution in [3.63, 3.8) is 0 Å². The first-order valence-electron chi connectivity index (χ1n) is 4.68. The van der Waals surface area contributed by atoms with E-state index in [9.17, 15) is 4.79 Å². The van der Waals surface area contributed by atoms with Gasteiger partial charge >= 0.3 is 5.97 Å². The van der Waals surface area contributed by atoms with Crippen LogP contribution in [0.3, 0.4) is 0 Å². The molecule has 78 valence electrons. The van der Waals surface area contributed by atoms with Gasteiger partial charge < -0.3 is 10.4 Å². The zero-order valence-corrected chi connectivity index (χ0v) is 8.88. The maximum Gasteiger partial charge on any atom is 0.305 e. The number of carboxylic acids is 1. The highest BCUT2D eigenvalue weighted by atomic mass is 32.1. The Morgan fingerprint density at radius 3 is 3.07 bits per heavy atom. The predicted octanol–water partition coefficient (Wildman–Crippen LogP) is 2.79. The normalized spacial score (nSPS) is 10.4. The average molecular weight is 221 g/mol. The molecule has 0 saturated heterocycles. The van der Waals surface area contributed by atoms with Crippen LogP contribution in [-0.4, -0.2) is 17.6 Å². The van der Waals surface area contributed by atoms with Crippen molar-refractivity contribution in [3.8, 4) is 0 Å². The van der Waals surface area contributed by atoms with Crippen LogP contribution in [0.2, 0.25) is 0 Å². The van der Waals surface area contributed by atoms with Gasteiger partial charge in [0.25, 0.3) is 0 Å². The van der Waals surface area contributed by atoms with Gasteiger partial charge in [0.1, 0.15) is 0 Å². The fourth-order valence-corrected chi connectivity index (χ4v) is 2.16. The lowest BCUT2D eigenvalue weighted by Crippen LogP contribution is -2.07. The first-order valence-corrected chi connectivity index (χ1v) is 5.56. The molecular formula is C11H11NO2S. The van der Waals surface area contributed by atoms with Gasteiger partial charge in [0.2, 0.25) is 0 Å². The topological polar surface area (TPSA) is 49.3 Å². The molecule has 0 amide bonds. The predicted molar refractivity (Wildman–Crippen MR) is 62.6 cm³/mol. The Hall–Kier alpha value is -1.55. The zero-order valence-electron chi connectivity index (χ0n) is 8.06. The lowest BCUT2D eigenvalue weighted by Gasteiger charge is -2.04. The summed E-state index contributed by atoms with van der Waals surface area (Å²) in [4.78, 5) is 10.3. The van der Waals surface area contributed by atoms with Crippen LogP contribution in [0.5, 0.6) is 0 Å². The minimum absolute atomic E-state index is 0.141. The van der Waals surface area contributed by atoms with Gasteiger partial charge in [-0.1, -0.05) is 0 Å². The number of nitrogens with one attached hydrogen (secondary N) is 1. The summed E-state index contributed by atoms with van der Waals surface area (Å²) >= 11 is 1.70. The first-order chi connectivity index (χ1) is 7.25. The molecule has 0 aliphatic heterocycles. The molecule has 2 rings (SSSR count). The van der Waals surface area contributed by atoms with E-state index in [0.29, 0.717) is 6.54 Å². The summed E-state index contributed by atoms with van der Waals surface area (Å²) in [5, 5.41) is 14.8. The Balaban J connectivity index is 2.04. The van der Waals surface area contributed by atoms with E-state index >= 15 is 0 Å². The molecule has 0 radical (unpaired) electrons. The van der Waals surface area contributed by atoms with Gasteiger partial charge in [-0.2, -0.15) is 0 Å². The van der Waals surface area contributed by atoms with Crippen molar-refractivity contribution >= 4 is 33.1 Å². The van der Waals surface area contributed by atoms with Crippen molar-refractivity contribution in [2.75, 3.05) is 11.9 Å². The van der Waals surface area contributed by atoms with Gasteiger partial charge in [-0.05, 0) is 35.0 Å². The van der Waals surface area contributed by atoms with E-state index in [1.807, 2.05) is 23.6 Å². The summed E-state index contributed by atoms with van der Waals surface area (Å²) in [5.74, 6) is -0.779. The minimum Gasteiger partial charge on any atom is -0.481 e. The third-order valence-corrected chi connectivity index (χ3v) is 3.02. The number of benzene rings is 1. The second-order valence-electron chi connectivity index (χ2n) is 3.24. The SMILES string of the molecule is O=C(O)CCNc1ccc2sccc2c1. The molecule has 0 spiro atoms. The molecule has 0 bridgehead atoms. The maximum atomic E-state index is 10.3. The van der Waals surface area contributed by atoms with Crippen LogP contribution in [0.4, 0.5) is 5.69 Å². The third kappa shape index (κ3) is 2.47. The number of fused-ring (bicyclic) bond motifs is 1. The number of rotatable bonds is 4. The van der Waals surface area contributed by atoms with Crippen molar-refractivity contribution in [1.29, 1.82) is 0 Å². The van der Waals surface area contributed by atoms with E-state index in [4.69, 9.17) is 5.11 Å². The summed E-state index contributed by atoms with van der Waals surface area (Å²) in [6.07, 6.45) is 0.141. The molecule has 0 saturated carbocycles. The molecule has 0 fully saturated rings. The molecular weight excluding hydrogens is 210 g/mol. The minimum atomic E-state index is -0.779. The number of carbonyl (C=O) groups is 1. The molecule has 1 aromatic heterocycles. The van der Waals surface area contributed by atoms with Crippen LogP contribution in [0, 0.1) is 0 Å². The summed E-state index contributed by atoms with van der Waals surface area (Å²) < 4.78 is 1.25. The fourth-order valence-electron chi connectivity index (χ4n) is 1.39. The summed E-state index contributed by atoms with van der Waals surface area (Å²) in [5.41, 5.74) is 0.974. The zero-order chi connectivity index (χ0) is 10.7. The van der Waals surface area contributed by atoms with E-state index in [1.54, 1.807) is 11.3 Å². The van der Waals surface area contributed by atoms with E-state index in [1.165, 1.54) is 10.1 Å². The van der Waals surface area contributed by atoms with Crippen molar-refractivity contribution in [2.45, 2.75) is 6.42 Å². The second kappa shape index (κ2) is 4.31. The highest BCUT2D eigenvalue weighted by Gasteiger charge is 1.98. The molecule has 1 aromatic carbocycles. The molecule has 0 aliphatic rings. The van der Waals surface area contributed by atoms with Crippen molar-refractivity contribution < 1.29 is 9.90 Å². The van der Waals surface area contributed by atoms with Gasteiger partial charge in [0, 0.05) is 16.9 Å². The van der Waals surface area contributed by atoms with E-state index in [0.717, 1.165) is 5.69 Å². The van der Waals surface area contributed by atoms with Crippen molar-refractivity contribution in [1.82, 2.24) is 0 Å². The fraction of sp³-hybridized carbons (Fsp3) is 0.182. The van der Waals surface area contributed by atoms with Gasteiger partial charge in [-0.25, -0.2) is 0 Å². The lowest BCUT2D eigenvalue weighted by atomic mass is 10.2. The molecule has 2 N–H and O–H groups in total. The van der Waals surface area contributed by atoms with Gasteiger partial charge in [-0.3, -0.25) is 4.79 Å². The van der Waals surface area contributed by atoms with E-state index in [-0.39, 0.29) is 6.42 Å². The Labute approximate surface area is 91.4 Å². The Bertz CT molecular complexity index is 478. The number of aliphatic carboxylic acids is 1. The number of hydrogen-bond acceptors (Lipinski definition) is 3. The van der Waals surface area contributed by atoms with Crippen LogP contribution in [0.1, 0.15) is 6.42 Å². The quantitative estimate of drug-likeness (QED) is 0.834. The molecule has 0 aliphatic carbocycles. The molecule has 4 heteroatoms. The molecule has 0 unspecified atom stereocenters.